The van der Waals surface area contributed by atoms with Crippen molar-refractivity contribution in [3.05, 3.63) is 99.2 Å². The molecule has 0 unspecified atom stereocenters. The zero-order valence-electron chi connectivity index (χ0n) is 19.0. The second kappa shape index (κ2) is 9.94. The van der Waals surface area contributed by atoms with Gasteiger partial charge in [-0.25, -0.2) is 0 Å². The number of nitrogens with zero attached hydrogens (tertiary/aromatic N) is 3. The van der Waals surface area contributed by atoms with Crippen molar-refractivity contribution in [2.45, 2.75) is 46.1 Å². The SMILES string of the molecule is Cc1cc(=O)c(C(=O)N2CCC[C@@H](C)C2)c(CCc2ccccc2)n1Cc1ccncc1. The van der Waals surface area contributed by atoms with Crippen LogP contribution in [-0.2, 0) is 19.4 Å². The van der Waals surface area contributed by atoms with Gasteiger partial charge in [0, 0.05) is 49.5 Å². The van der Waals surface area contributed by atoms with E-state index in [-0.39, 0.29) is 11.3 Å². The van der Waals surface area contributed by atoms with Gasteiger partial charge in [-0.1, -0.05) is 37.3 Å². The van der Waals surface area contributed by atoms with Gasteiger partial charge in [0.05, 0.1) is 0 Å². The van der Waals surface area contributed by atoms with Crippen molar-refractivity contribution in [2.24, 2.45) is 5.92 Å². The maximum atomic E-state index is 13.6. The number of amides is 1. The van der Waals surface area contributed by atoms with E-state index in [9.17, 15) is 9.59 Å². The normalized spacial score (nSPS) is 16.2. The monoisotopic (exact) mass is 429 g/mol. The number of carbonyl (C=O) groups is 1. The van der Waals surface area contributed by atoms with Crippen molar-refractivity contribution in [3.63, 3.8) is 0 Å². The van der Waals surface area contributed by atoms with Crippen LogP contribution in [-0.4, -0.2) is 33.4 Å². The van der Waals surface area contributed by atoms with Crippen molar-refractivity contribution < 1.29 is 4.79 Å². The first-order valence-electron chi connectivity index (χ1n) is 11.5. The molecule has 5 nitrogen and oxygen atoms in total. The molecule has 166 valence electrons. The summed E-state index contributed by atoms with van der Waals surface area (Å²) in [6.07, 6.45) is 7.08. The van der Waals surface area contributed by atoms with Crippen LogP contribution < -0.4 is 5.43 Å². The highest BCUT2D eigenvalue weighted by atomic mass is 16.2. The summed E-state index contributed by atoms with van der Waals surface area (Å²) in [5, 5.41) is 0. The van der Waals surface area contributed by atoms with E-state index in [1.165, 1.54) is 5.56 Å². The van der Waals surface area contributed by atoms with Gasteiger partial charge in [-0.15, -0.1) is 0 Å². The summed E-state index contributed by atoms with van der Waals surface area (Å²) < 4.78 is 2.14. The van der Waals surface area contributed by atoms with Gasteiger partial charge >= 0.3 is 0 Å². The predicted molar refractivity (Wildman–Crippen MR) is 127 cm³/mol. The van der Waals surface area contributed by atoms with E-state index in [2.05, 4.69) is 28.6 Å². The Balaban J connectivity index is 1.76. The molecular formula is C27H31N3O2. The quantitative estimate of drug-likeness (QED) is 0.588. The molecule has 1 aromatic carbocycles. The lowest BCUT2D eigenvalue weighted by atomic mass is 9.97. The fraction of sp³-hybridized carbons (Fsp3) is 0.370. The van der Waals surface area contributed by atoms with E-state index in [4.69, 9.17) is 0 Å². The van der Waals surface area contributed by atoms with Gasteiger partial charge < -0.3 is 9.47 Å². The Morgan fingerprint density at radius 1 is 1.06 bits per heavy atom. The fourth-order valence-electron chi connectivity index (χ4n) is 4.65. The largest absolute Gasteiger partial charge is 0.343 e. The number of pyridine rings is 2. The first-order valence-corrected chi connectivity index (χ1v) is 11.5. The van der Waals surface area contributed by atoms with E-state index in [0.717, 1.165) is 42.8 Å². The number of likely N-dealkylation sites (tertiary alicyclic amines) is 1. The maximum Gasteiger partial charge on any atom is 0.259 e. The molecule has 1 atom stereocenters. The predicted octanol–water partition coefficient (Wildman–Crippen LogP) is 4.26. The fourth-order valence-corrected chi connectivity index (χ4v) is 4.65. The molecule has 1 fully saturated rings. The minimum Gasteiger partial charge on any atom is -0.343 e. The van der Waals surface area contributed by atoms with Crippen molar-refractivity contribution in [1.29, 1.82) is 0 Å². The molecule has 4 rings (SSSR count). The molecule has 2 aromatic heterocycles. The van der Waals surface area contributed by atoms with Gasteiger partial charge in [-0.3, -0.25) is 14.6 Å². The highest BCUT2D eigenvalue weighted by Gasteiger charge is 2.27. The van der Waals surface area contributed by atoms with Gasteiger partial charge in [0.25, 0.3) is 5.91 Å². The molecule has 1 aliphatic heterocycles. The van der Waals surface area contributed by atoms with Crippen molar-refractivity contribution in [3.8, 4) is 0 Å². The zero-order valence-corrected chi connectivity index (χ0v) is 19.0. The first-order chi connectivity index (χ1) is 15.5. The lowest BCUT2D eigenvalue weighted by molar-refractivity contribution is 0.0679. The molecule has 32 heavy (non-hydrogen) atoms. The molecule has 1 amide bonds. The standard InChI is InChI=1S/C27H31N3O2/c1-20-7-6-16-29(18-20)27(32)26-24(11-10-22-8-4-3-5-9-22)30(21(2)17-25(26)31)19-23-12-14-28-15-13-23/h3-5,8-9,12-15,17,20H,6-7,10-11,16,18-19H2,1-2H3/t20-/m1/s1. The number of piperidine rings is 1. The van der Waals surface area contributed by atoms with E-state index in [0.29, 0.717) is 31.0 Å². The van der Waals surface area contributed by atoms with Crippen LogP contribution in [0.3, 0.4) is 0 Å². The summed E-state index contributed by atoms with van der Waals surface area (Å²) in [7, 11) is 0. The van der Waals surface area contributed by atoms with E-state index < -0.39 is 0 Å². The molecule has 3 heterocycles. The summed E-state index contributed by atoms with van der Waals surface area (Å²) >= 11 is 0. The Kier molecular flexibility index (Phi) is 6.84. The summed E-state index contributed by atoms with van der Waals surface area (Å²) in [4.78, 5) is 32.8. The van der Waals surface area contributed by atoms with Gasteiger partial charge in [0.15, 0.2) is 5.43 Å². The smallest absolute Gasteiger partial charge is 0.259 e. The van der Waals surface area contributed by atoms with Crippen LogP contribution in [0.1, 0.15) is 52.6 Å². The minimum absolute atomic E-state index is 0.118. The lowest BCUT2D eigenvalue weighted by Gasteiger charge is -2.32. The minimum atomic E-state index is -0.167. The number of rotatable bonds is 6. The van der Waals surface area contributed by atoms with Crippen LogP contribution in [0.2, 0.25) is 0 Å². The lowest BCUT2D eigenvalue weighted by Crippen LogP contribution is -2.42. The maximum absolute atomic E-state index is 13.6. The Morgan fingerprint density at radius 3 is 2.53 bits per heavy atom. The van der Waals surface area contributed by atoms with Crippen molar-refractivity contribution in [2.75, 3.05) is 13.1 Å². The van der Waals surface area contributed by atoms with E-state index >= 15 is 0 Å². The van der Waals surface area contributed by atoms with Crippen LogP contribution in [0.25, 0.3) is 0 Å². The average Bonchev–Trinajstić information content (AvgIpc) is 2.80. The molecule has 0 spiro atoms. The van der Waals surface area contributed by atoms with Gasteiger partial charge in [0.1, 0.15) is 5.56 Å². The van der Waals surface area contributed by atoms with Crippen LogP contribution in [0, 0.1) is 12.8 Å². The molecule has 5 heteroatoms. The second-order valence-corrected chi connectivity index (χ2v) is 8.90. The molecule has 0 saturated carbocycles. The van der Waals surface area contributed by atoms with E-state index in [1.54, 1.807) is 18.5 Å². The highest BCUT2D eigenvalue weighted by Crippen LogP contribution is 2.21. The molecular weight excluding hydrogens is 398 g/mol. The number of carbonyl (C=O) groups excluding carboxylic acids is 1. The number of hydrogen-bond acceptors (Lipinski definition) is 3. The van der Waals surface area contributed by atoms with Crippen LogP contribution in [0.15, 0.2) is 65.7 Å². The van der Waals surface area contributed by atoms with E-state index in [1.807, 2.05) is 42.2 Å². The average molecular weight is 430 g/mol. The summed E-state index contributed by atoms with van der Waals surface area (Å²) in [5.74, 6) is 0.345. The van der Waals surface area contributed by atoms with Crippen LogP contribution in [0.4, 0.5) is 0 Å². The number of aryl methyl sites for hydroxylation is 2. The first kappa shape index (κ1) is 22.0. The molecule has 1 saturated heterocycles. The zero-order chi connectivity index (χ0) is 22.5. The van der Waals surface area contributed by atoms with Crippen molar-refractivity contribution >= 4 is 5.91 Å². The Morgan fingerprint density at radius 2 is 1.81 bits per heavy atom. The Bertz CT molecular complexity index is 1120. The second-order valence-electron chi connectivity index (χ2n) is 8.90. The van der Waals surface area contributed by atoms with Crippen LogP contribution >= 0.6 is 0 Å². The topological polar surface area (TPSA) is 55.2 Å². The number of benzene rings is 1. The molecule has 0 N–H and O–H groups in total. The number of hydrogen-bond donors (Lipinski definition) is 0. The molecule has 1 aliphatic rings. The van der Waals surface area contributed by atoms with Gasteiger partial charge in [-0.2, -0.15) is 0 Å². The third-order valence-corrected chi connectivity index (χ3v) is 6.37. The van der Waals surface area contributed by atoms with Crippen LogP contribution in [0.5, 0.6) is 0 Å². The summed E-state index contributed by atoms with van der Waals surface area (Å²) in [5.41, 5.74) is 4.17. The summed E-state index contributed by atoms with van der Waals surface area (Å²) in [6.45, 7) is 6.17. The van der Waals surface area contributed by atoms with Gasteiger partial charge in [-0.05, 0) is 61.8 Å². The third kappa shape index (κ3) is 4.98. The molecule has 0 aliphatic carbocycles. The highest BCUT2D eigenvalue weighted by molar-refractivity contribution is 5.95. The molecule has 3 aromatic rings. The Labute approximate surface area is 189 Å². The molecule has 0 bridgehead atoms. The van der Waals surface area contributed by atoms with Gasteiger partial charge in [0.2, 0.25) is 0 Å². The summed E-state index contributed by atoms with van der Waals surface area (Å²) in [6, 6.07) is 15.8. The Hall–Kier alpha value is -3.21. The van der Waals surface area contributed by atoms with Crippen molar-refractivity contribution in [1.82, 2.24) is 14.5 Å². The third-order valence-electron chi connectivity index (χ3n) is 6.37. The molecule has 0 radical (unpaired) electrons. The number of aromatic nitrogens is 2.